The zero-order valence-corrected chi connectivity index (χ0v) is 22.3. The molecule has 2 aliphatic heterocycles. The van der Waals surface area contributed by atoms with Crippen molar-refractivity contribution in [2.75, 3.05) is 23.7 Å². The molecule has 0 aromatic heterocycles. The number of para-hydroxylation sites is 1. The molecule has 5 rings (SSSR count). The van der Waals surface area contributed by atoms with E-state index in [1.807, 2.05) is 76.7 Å². The lowest BCUT2D eigenvalue weighted by atomic mass is 10.0. The molecule has 0 radical (unpaired) electrons. The van der Waals surface area contributed by atoms with E-state index < -0.39 is 11.0 Å². The predicted molar refractivity (Wildman–Crippen MR) is 149 cm³/mol. The number of hydrogen-bond acceptors (Lipinski definition) is 8. The molecule has 2 aliphatic rings. The molecule has 0 unspecified atom stereocenters. The summed E-state index contributed by atoms with van der Waals surface area (Å²) in [5.41, 5.74) is 3.75. The van der Waals surface area contributed by atoms with Crippen molar-refractivity contribution in [1.82, 2.24) is 0 Å². The Morgan fingerprint density at radius 1 is 0.972 bits per heavy atom. The minimum atomic E-state index is -0.795. The SMILES string of the molecule is CCOC(=O)C1=NN(c2ccc(OC)cc2)[C@@]2(CCC(c3ccc(Br)cc3)=NN2c2ccccc2)S1. The highest BCUT2D eigenvalue weighted by atomic mass is 79.9. The number of carbonyl (C=O) groups excluding carboxylic acids is 1. The second-order valence-electron chi connectivity index (χ2n) is 8.18. The first kappa shape index (κ1) is 24.4. The fourth-order valence-electron chi connectivity index (χ4n) is 4.24. The number of halogens is 1. The van der Waals surface area contributed by atoms with Crippen molar-refractivity contribution in [1.29, 1.82) is 0 Å². The van der Waals surface area contributed by atoms with Gasteiger partial charge in [-0.2, -0.15) is 10.2 Å². The fourth-order valence-corrected chi connectivity index (χ4v) is 5.75. The van der Waals surface area contributed by atoms with Gasteiger partial charge in [0.15, 0.2) is 0 Å². The molecule has 0 bridgehead atoms. The molecule has 0 saturated carbocycles. The van der Waals surface area contributed by atoms with Crippen LogP contribution in [0.5, 0.6) is 5.75 Å². The van der Waals surface area contributed by atoms with Gasteiger partial charge in [-0.15, -0.1) is 0 Å². The number of hydrogen-bond donors (Lipinski definition) is 0. The van der Waals surface area contributed by atoms with Crippen molar-refractivity contribution in [3.8, 4) is 5.75 Å². The van der Waals surface area contributed by atoms with E-state index in [0.717, 1.165) is 32.9 Å². The van der Waals surface area contributed by atoms with Crippen molar-refractivity contribution < 1.29 is 14.3 Å². The molecule has 9 heteroatoms. The van der Waals surface area contributed by atoms with Gasteiger partial charge >= 0.3 is 5.97 Å². The average Bonchev–Trinajstić information content (AvgIpc) is 3.30. The molecule has 0 fully saturated rings. The number of anilines is 2. The minimum Gasteiger partial charge on any atom is -0.497 e. The maximum atomic E-state index is 12.8. The lowest BCUT2D eigenvalue weighted by Gasteiger charge is -2.46. The number of hydrazone groups is 2. The molecular formula is C27H25BrN4O3S. The van der Waals surface area contributed by atoms with Crippen molar-refractivity contribution >= 4 is 55.8 Å². The average molecular weight is 565 g/mol. The summed E-state index contributed by atoms with van der Waals surface area (Å²) in [6.07, 6.45) is 1.37. The summed E-state index contributed by atoms with van der Waals surface area (Å²) in [5.74, 6) is 0.307. The maximum Gasteiger partial charge on any atom is 0.365 e. The van der Waals surface area contributed by atoms with Crippen LogP contribution < -0.4 is 14.8 Å². The third-order valence-corrected chi connectivity index (χ3v) is 7.81. The predicted octanol–water partition coefficient (Wildman–Crippen LogP) is 6.25. The Bertz CT molecular complexity index is 1300. The van der Waals surface area contributed by atoms with Crippen molar-refractivity contribution in [2.45, 2.75) is 24.8 Å². The Labute approximate surface area is 222 Å². The second kappa shape index (κ2) is 10.4. The number of rotatable bonds is 6. The lowest BCUT2D eigenvalue weighted by molar-refractivity contribution is -0.134. The minimum absolute atomic E-state index is 0.280. The Kier molecular flexibility index (Phi) is 7.02. The topological polar surface area (TPSA) is 66.7 Å². The van der Waals surface area contributed by atoms with Gasteiger partial charge < -0.3 is 9.47 Å². The monoisotopic (exact) mass is 564 g/mol. The van der Waals surface area contributed by atoms with Gasteiger partial charge in [0.2, 0.25) is 10.0 Å². The summed E-state index contributed by atoms with van der Waals surface area (Å²) >= 11 is 4.89. The van der Waals surface area contributed by atoms with Crippen LogP contribution in [-0.2, 0) is 9.53 Å². The van der Waals surface area contributed by atoms with Crippen LogP contribution in [0, 0.1) is 0 Å². The zero-order chi connectivity index (χ0) is 25.1. The van der Waals surface area contributed by atoms with E-state index in [9.17, 15) is 4.79 Å². The maximum absolute atomic E-state index is 12.8. The summed E-state index contributed by atoms with van der Waals surface area (Å²) in [5, 5.41) is 14.1. The van der Waals surface area contributed by atoms with Gasteiger partial charge in [0.05, 0.1) is 30.8 Å². The summed E-state index contributed by atoms with van der Waals surface area (Å²) in [7, 11) is 1.63. The van der Waals surface area contributed by atoms with Crippen LogP contribution in [0.25, 0.3) is 0 Å². The molecule has 0 aliphatic carbocycles. The highest BCUT2D eigenvalue weighted by Gasteiger charge is 2.53. The molecule has 36 heavy (non-hydrogen) atoms. The zero-order valence-electron chi connectivity index (χ0n) is 19.9. The smallest absolute Gasteiger partial charge is 0.365 e. The lowest BCUT2D eigenvalue weighted by Crippen LogP contribution is -2.56. The van der Waals surface area contributed by atoms with E-state index in [1.54, 1.807) is 14.0 Å². The third kappa shape index (κ3) is 4.60. The molecule has 2 heterocycles. The van der Waals surface area contributed by atoms with Crippen LogP contribution in [0.3, 0.4) is 0 Å². The molecule has 0 amide bonds. The van der Waals surface area contributed by atoms with Crippen LogP contribution in [0.2, 0.25) is 0 Å². The number of benzene rings is 3. The number of thioether (sulfide) groups is 1. The van der Waals surface area contributed by atoms with Gasteiger partial charge in [-0.3, -0.25) is 0 Å². The summed E-state index contributed by atoms with van der Waals surface area (Å²) in [6.45, 7) is 2.07. The highest BCUT2D eigenvalue weighted by molar-refractivity contribution is 9.10. The molecule has 3 aromatic rings. The van der Waals surface area contributed by atoms with Crippen LogP contribution in [-0.4, -0.2) is 35.4 Å². The molecule has 7 nitrogen and oxygen atoms in total. The number of esters is 1. The first-order chi connectivity index (χ1) is 17.5. The van der Waals surface area contributed by atoms with E-state index in [0.29, 0.717) is 17.9 Å². The number of ether oxygens (including phenoxy) is 2. The molecule has 0 saturated heterocycles. The first-order valence-electron chi connectivity index (χ1n) is 11.6. The van der Waals surface area contributed by atoms with Crippen LogP contribution in [0.15, 0.2) is 93.5 Å². The third-order valence-electron chi connectivity index (χ3n) is 5.97. The van der Waals surface area contributed by atoms with E-state index in [2.05, 4.69) is 28.1 Å². The van der Waals surface area contributed by atoms with Crippen LogP contribution in [0.1, 0.15) is 25.3 Å². The van der Waals surface area contributed by atoms with E-state index in [-0.39, 0.29) is 6.61 Å². The molecule has 0 N–H and O–H groups in total. The fraction of sp³-hybridized carbons (Fsp3) is 0.222. The quantitative estimate of drug-likeness (QED) is 0.330. The first-order valence-corrected chi connectivity index (χ1v) is 13.2. The van der Waals surface area contributed by atoms with Gasteiger partial charge in [-0.1, -0.05) is 46.3 Å². The Morgan fingerprint density at radius 3 is 2.31 bits per heavy atom. The van der Waals surface area contributed by atoms with Crippen molar-refractivity contribution in [3.63, 3.8) is 0 Å². The molecule has 1 spiro atoms. The second-order valence-corrected chi connectivity index (χ2v) is 10.3. The van der Waals surface area contributed by atoms with Crippen molar-refractivity contribution in [2.24, 2.45) is 10.2 Å². The largest absolute Gasteiger partial charge is 0.497 e. The van der Waals surface area contributed by atoms with E-state index in [4.69, 9.17) is 19.7 Å². The van der Waals surface area contributed by atoms with Crippen LogP contribution in [0.4, 0.5) is 11.4 Å². The Balaban J connectivity index is 1.64. The van der Waals surface area contributed by atoms with Gasteiger partial charge in [0.1, 0.15) is 5.75 Å². The normalized spacial score (nSPS) is 19.2. The van der Waals surface area contributed by atoms with Gasteiger partial charge in [0, 0.05) is 10.9 Å². The highest BCUT2D eigenvalue weighted by Crippen LogP contribution is 2.50. The Morgan fingerprint density at radius 2 is 1.64 bits per heavy atom. The standard InChI is InChI=1S/C27H25BrN4O3S/c1-3-35-26(33)25-30-32(22-13-15-23(34-2)16-14-22)27(36-25)18-17-24(19-9-11-20(28)12-10-19)29-31(27)21-7-5-4-6-8-21/h4-16H,3,17-18H2,1-2H3/t27-/m0/s1. The summed E-state index contributed by atoms with van der Waals surface area (Å²) in [6, 6.07) is 25.8. The van der Waals surface area contributed by atoms with Gasteiger partial charge in [-0.05, 0) is 79.2 Å². The van der Waals surface area contributed by atoms with Gasteiger partial charge in [-0.25, -0.2) is 14.8 Å². The van der Waals surface area contributed by atoms with E-state index >= 15 is 0 Å². The molecule has 1 atom stereocenters. The number of carbonyl (C=O) groups is 1. The van der Waals surface area contributed by atoms with E-state index in [1.165, 1.54) is 11.8 Å². The summed E-state index contributed by atoms with van der Waals surface area (Å²) < 4.78 is 11.7. The van der Waals surface area contributed by atoms with Crippen molar-refractivity contribution in [3.05, 3.63) is 88.9 Å². The summed E-state index contributed by atoms with van der Waals surface area (Å²) in [4.78, 5) is 12.0. The molecular weight excluding hydrogens is 540 g/mol. The number of nitrogens with zero attached hydrogens (tertiary/aromatic N) is 4. The van der Waals surface area contributed by atoms with Crippen LogP contribution >= 0.6 is 27.7 Å². The number of methoxy groups -OCH3 is 1. The molecule has 3 aromatic carbocycles. The van der Waals surface area contributed by atoms with Gasteiger partial charge in [0.25, 0.3) is 0 Å². The Hall–Kier alpha value is -3.30. The molecule has 184 valence electrons.